The molecule has 0 aliphatic carbocycles. The molecule has 4 aromatic rings. The van der Waals surface area contributed by atoms with E-state index in [-0.39, 0.29) is 47.1 Å². The van der Waals surface area contributed by atoms with Gasteiger partial charge >= 0.3 is 10.1 Å². The topological polar surface area (TPSA) is 157 Å². The van der Waals surface area contributed by atoms with E-state index in [0.29, 0.717) is 16.9 Å². The molecule has 230 valence electrons. The van der Waals surface area contributed by atoms with Crippen LogP contribution in [0.15, 0.2) is 79.0 Å². The Morgan fingerprint density at radius 1 is 0.977 bits per heavy atom. The maximum absolute atomic E-state index is 13.4. The van der Waals surface area contributed by atoms with Crippen molar-refractivity contribution in [2.45, 2.75) is 33.4 Å². The lowest BCUT2D eigenvalue weighted by Gasteiger charge is -2.26. The third kappa shape index (κ3) is 8.07. The van der Waals surface area contributed by atoms with Gasteiger partial charge in [-0.25, -0.2) is 9.37 Å². The second-order valence-corrected chi connectivity index (χ2v) is 12.0. The van der Waals surface area contributed by atoms with Crippen LogP contribution in [-0.2, 0) is 16.7 Å². The Kier molecular flexibility index (Phi) is 9.79. The second kappa shape index (κ2) is 13.5. The van der Waals surface area contributed by atoms with Gasteiger partial charge in [-0.15, -0.1) is 0 Å². The van der Waals surface area contributed by atoms with Gasteiger partial charge < -0.3 is 20.6 Å². The van der Waals surface area contributed by atoms with E-state index >= 15 is 0 Å². The summed E-state index contributed by atoms with van der Waals surface area (Å²) in [5, 5.41) is 5.96. The first-order valence-electron chi connectivity index (χ1n) is 13.7. The van der Waals surface area contributed by atoms with E-state index in [1.807, 2.05) is 26.8 Å². The predicted molar refractivity (Wildman–Crippen MR) is 166 cm³/mol. The zero-order valence-electron chi connectivity index (χ0n) is 24.6. The van der Waals surface area contributed by atoms with Gasteiger partial charge in [-0.05, 0) is 60.9 Å². The number of nitrogens with zero attached hydrogens (tertiary/aromatic N) is 3. The molecule has 11 nitrogen and oxygen atoms in total. The molecule has 0 spiro atoms. The summed E-state index contributed by atoms with van der Waals surface area (Å²) in [6.07, 6.45) is 2.20. The summed E-state index contributed by atoms with van der Waals surface area (Å²) in [7, 11) is -3.99. The van der Waals surface area contributed by atoms with Crippen LogP contribution < -0.4 is 25.5 Å². The lowest BCUT2D eigenvalue weighted by atomic mass is 10.1. The summed E-state index contributed by atoms with van der Waals surface area (Å²) in [5.41, 5.74) is 7.26. The van der Waals surface area contributed by atoms with E-state index in [1.54, 1.807) is 35.2 Å². The Labute approximate surface area is 255 Å². The van der Waals surface area contributed by atoms with E-state index < -0.39 is 27.7 Å². The Balaban J connectivity index is 1.82. The normalized spacial score (nSPS) is 12.0. The van der Waals surface area contributed by atoms with Crippen LogP contribution in [0.25, 0.3) is 0 Å². The highest BCUT2D eigenvalue weighted by atomic mass is 32.2. The van der Waals surface area contributed by atoms with Crippen molar-refractivity contribution in [2.24, 2.45) is 11.7 Å². The number of primary amides is 1. The summed E-state index contributed by atoms with van der Waals surface area (Å²) < 4.78 is 42.6. The van der Waals surface area contributed by atoms with E-state index in [0.717, 1.165) is 6.26 Å². The summed E-state index contributed by atoms with van der Waals surface area (Å²) in [5.74, 6) is -1.37. The molecule has 0 aliphatic rings. The minimum Gasteiger partial charge on any atom is -0.382 e. The molecule has 44 heavy (non-hydrogen) atoms. The van der Waals surface area contributed by atoms with Crippen LogP contribution in [0.2, 0.25) is 0 Å². The first-order valence-corrected chi connectivity index (χ1v) is 15.5. The van der Waals surface area contributed by atoms with E-state index in [1.165, 1.54) is 42.6 Å². The fourth-order valence-electron chi connectivity index (χ4n) is 4.06. The zero-order chi connectivity index (χ0) is 32.0. The number of hydrogen-bond acceptors (Lipinski definition) is 9. The fraction of sp³-hybridized carbons (Fsp3) is 0.226. The van der Waals surface area contributed by atoms with Crippen LogP contribution in [0.5, 0.6) is 5.75 Å². The second-order valence-electron chi connectivity index (χ2n) is 10.4. The number of carbonyl (C=O) groups excluding carboxylic acids is 2. The zero-order valence-corrected chi connectivity index (χ0v) is 25.4. The van der Waals surface area contributed by atoms with Crippen molar-refractivity contribution in [3.63, 3.8) is 0 Å². The van der Waals surface area contributed by atoms with Gasteiger partial charge in [-0.2, -0.15) is 13.4 Å². The fourth-order valence-corrected chi connectivity index (χ4v) is 4.53. The summed E-state index contributed by atoms with van der Waals surface area (Å²) in [6, 6.07) is 18.9. The van der Waals surface area contributed by atoms with Crippen LogP contribution in [0.3, 0.4) is 0 Å². The number of hydrogen-bond donors (Lipinski definition) is 3. The number of rotatable bonds is 12. The number of amides is 2. The van der Waals surface area contributed by atoms with Gasteiger partial charge in [0.15, 0.2) is 5.75 Å². The molecule has 13 heteroatoms. The number of carbonyl (C=O) groups is 2. The molecule has 4 rings (SSSR count). The number of para-hydroxylation sites is 1. The number of nitrogens with two attached hydrogens (primary N) is 1. The highest BCUT2D eigenvalue weighted by molar-refractivity contribution is 7.86. The van der Waals surface area contributed by atoms with Crippen molar-refractivity contribution in [3.05, 3.63) is 102 Å². The molecule has 0 fully saturated rings. The maximum atomic E-state index is 13.4. The summed E-state index contributed by atoms with van der Waals surface area (Å²) in [4.78, 5) is 36.3. The molecule has 3 aromatic carbocycles. The van der Waals surface area contributed by atoms with Crippen molar-refractivity contribution >= 4 is 45.1 Å². The molecule has 0 radical (unpaired) electrons. The van der Waals surface area contributed by atoms with E-state index in [4.69, 9.17) is 9.92 Å². The molecular weight excluding hydrogens is 587 g/mol. The van der Waals surface area contributed by atoms with E-state index in [2.05, 4.69) is 20.6 Å². The van der Waals surface area contributed by atoms with Crippen LogP contribution in [0, 0.1) is 11.7 Å². The SMILES string of the molecule is CC(C)C(C)Nc1nc(N(c2ccccc2)c2ccc(OS(C)(=O)=O)c(C(=O)NCc3ccc(F)cc3)c2)ncc1C(N)=O. The highest BCUT2D eigenvalue weighted by Crippen LogP contribution is 2.36. The van der Waals surface area contributed by atoms with Gasteiger partial charge in [-0.1, -0.05) is 44.2 Å². The lowest BCUT2D eigenvalue weighted by Crippen LogP contribution is -2.26. The van der Waals surface area contributed by atoms with Crippen molar-refractivity contribution in [3.8, 4) is 5.75 Å². The summed E-state index contributed by atoms with van der Waals surface area (Å²) >= 11 is 0. The minimum atomic E-state index is -3.99. The molecule has 1 atom stereocenters. The number of halogens is 1. The van der Waals surface area contributed by atoms with Gasteiger partial charge in [0.25, 0.3) is 11.8 Å². The van der Waals surface area contributed by atoms with Crippen molar-refractivity contribution < 1.29 is 26.6 Å². The predicted octanol–water partition coefficient (Wildman–Crippen LogP) is 4.91. The first-order chi connectivity index (χ1) is 20.8. The Bertz CT molecular complexity index is 1750. The molecular formula is C31H33FN6O5S. The highest BCUT2D eigenvalue weighted by Gasteiger charge is 2.24. The smallest absolute Gasteiger partial charge is 0.306 e. The number of benzene rings is 3. The number of nitrogens with one attached hydrogen (secondary N) is 2. The van der Waals surface area contributed by atoms with Crippen LogP contribution >= 0.6 is 0 Å². The van der Waals surface area contributed by atoms with Crippen LogP contribution in [-0.4, -0.2) is 42.5 Å². The average Bonchev–Trinajstić information content (AvgIpc) is 2.97. The van der Waals surface area contributed by atoms with Gasteiger partial charge in [-0.3, -0.25) is 14.5 Å². The molecule has 1 aromatic heterocycles. The summed E-state index contributed by atoms with van der Waals surface area (Å²) in [6.45, 7) is 6.03. The van der Waals surface area contributed by atoms with Gasteiger partial charge in [0.05, 0.1) is 23.1 Å². The van der Waals surface area contributed by atoms with Crippen LogP contribution in [0.4, 0.5) is 27.5 Å². The monoisotopic (exact) mass is 620 g/mol. The van der Waals surface area contributed by atoms with Crippen molar-refractivity contribution in [1.82, 2.24) is 15.3 Å². The molecule has 0 aliphatic heterocycles. The lowest BCUT2D eigenvalue weighted by molar-refractivity contribution is 0.0948. The van der Waals surface area contributed by atoms with Gasteiger partial charge in [0.2, 0.25) is 5.95 Å². The average molecular weight is 621 g/mol. The van der Waals surface area contributed by atoms with Gasteiger partial charge in [0, 0.05) is 24.5 Å². The van der Waals surface area contributed by atoms with E-state index in [9.17, 15) is 22.4 Å². The Morgan fingerprint density at radius 2 is 1.66 bits per heavy atom. The van der Waals surface area contributed by atoms with Crippen LogP contribution in [0.1, 0.15) is 47.1 Å². The quantitative estimate of drug-likeness (QED) is 0.187. The van der Waals surface area contributed by atoms with Gasteiger partial charge in [0.1, 0.15) is 11.6 Å². The molecule has 0 saturated carbocycles. The Hall–Kier alpha value is -5.04. The first kappa shape index (κ1) is 31.9. The minimum absolute atomic E-state index is 0.0464. The molecule has 0 bridgehead atoms. The largest absolute Gasteiger partial charge is 0.382 e. The molecule has 4 N–H and O–H groups in total. The van der Waals surface area contributed by atoms with Crippen molar-refractivity contribution in [1.29, 1.82) is 0 Å². The molecule has 1 unspecified atom stereocenters. The molecule has 0 saturated heterocycles. The number of anilines is 4. The number of aromatic nitrogens is 2. The third-order valence-corrected chi connectivity index (χ3v) is 7.18. The molecule has 2 amide bonds. The van der Waals surface area contributed by atoms with Crippen molar-refractivity contribution in [2.75, 3.05) is 16.5 Å². The standard InChI is InChI=1S/C31H33FN6O5S/c1-19(2)20(3)36-29-26(28(33)39)18-35-31(37-29)38(23-8-6-5-7-9-23)24-14-15-27(43-44(4,41)42)25(16-24)30(40)34-17-21-10-12-22(32)13-11-21/h5-16,18-20H,17H2,1-4H3,(H2,33,39)(H,34,40)(H,35,36,37). The molecule has 1 heterocycles. The Morgan fingerprint density at radius 3 is 2.27 bits per heavy atom. The maximum Gasteiger partial charge on any atom is 0.306 e. The third-order valence-electron chi connectivity index (χ3n) is 6.69.